The fraction of sp³-hybridized carbons (Fsp3) is 0.500. The Kier molecular flexibility index (Phi) is 5.91. The summed E-state index contributed by atoms with van der Waals surface area (Å²) in [6.45, 7) is 0.510. The van der Waals surface area contributed by atoms with Gasteiger partial charge in [0.15, 0.2) is 0 Å². The molecule has 14 heavy (non-hydrogen) atoms. The molecular weight excluding hydrogens is 206 g/mol. The fourth-order valence-corrected chi connectivity index (χ4v) is 0.900. The number of nitrogens with two attached hydrogens (primary N) is 1. The van der Waals surface area contributed by atoms with Gasteiger partial charge in [0.2, 0.25) is 11.8 Å². The zero-order chi connectivity index (χ0) is 9.68. The first-order valence-corrected chi connectivity index (χ1v) is 3.96. The second-order valence-electron chi connectivity index (χ2n) is 2.41. The lowest BCUT2D eigenvalue weighted by molar-refractivity contribution is 0.368. The predicted molar refractivity (Wildman–Crippen MR) is 55.1 cm³/mol. The summed E-state index contributed by atoms with van der Waals surface area (Å²) in [5.41, 5.74) is 5.38. The molecule has 0 aromatic carbocycles. The second kappa shape index (κ2) is 6.39. The van der Waals surface area contributed by atoms with Crippen molar-refractivity contribution in [1.29, 1.82) is 0 Å². The van der Waals surface area contributed by atoms with Crippen LogP contribution in [0.1, 0.15) is 5.82 Å². The number of nitrogens with zero attached hydrogens (tertiary/aromatic N) is 2. The fourth-order valence-electron chi connectivity index (χ4n) is 0.900. The lowest BCUT2D eigenvalue weighted by atomic mass is 10.4. The molecule has 0 radical (unpaired) electrons. The molecule has 0 saturated carbocycles. The number of hydrogen-bond acceptors (Lipinski definition) is 5. The first-order chi connectivity index (χ1) is 6.30. The van der Waals surface area contributed by atoms with Crippen molar-refractivity contribution in [2.75, 3.05) is 20.8 Å². The van der Waals surface area contributed by atoms with Crippen LogP contribution in [0.15, 0.2) is 6.07 Å². The van der Waals surface area contributed by atoms with Crippen molar-refractivity contribution in [2.24, 2.45) is 5.73 Å². The molecule has 0 saturated heterocycles. The van der Waals surface area contributed by atoms with E-state index in [4.69, 9.17) is 15.2 Å². The van der Waals surface area contributed by atoms with Gasteiger partial charge in [0.1, 0.15) is 5.82 Å². The maximum atomic E-state index is 5.38. The summed E-state index contributed by atoms with van der Waals surface area (Å²) >= 11 is 0. The molecule has 6 heteroatoms. The Balaban J connectivity index is 0.00000169. The Morgan fingerprint density at radius 3 is 2.07 bits per heavy atom. The monoisotopic (exact) mass is 219 g/mol. The largest absolute Gasteiger partial charge is 0.481 e. The van der Waals surface area contributed by atoms with Gasteiger partial charge < -0.3 is 15.2 Å². The molecule has 1 rings (SSSR count). The summed E-state index contributed by atoms with van der Waals surface area (Å²) < 4.78 is 9.94. The highest BCUT2D eigenvalue weighted by Crippen LogP contribution is 2.14. The van der Waals surface area contributed by atoms with E-state index in [1.165, 1.54) is 0 Å². The van der Waals surface area contributed by atoms with Gasteiger partial charge in [0.05, 0.1) is 20.3 Å². The molecule has 1 aromatic rings. The van der Waals surface area contributed by atoms with Gasteiger partial charge in [-0.25, -0.2) is 0 Å². The maximum Gasteiger partial charge on any atom is 0.220 e. The molecule has 80 valence electrons. The van der Waals surface area contributed by atoms with Gasteiger partial charge in [-0.05, 0) is 6.54 Å². The zero-order valence-electron chi connectivity index (χ0n) is 8.19. The second-order valence-corrected chi connectivity index (χ2v) is 2.41. The Morgan fingerprint density at radius 1 is 1.21 bits per heavy atom. The van der Waals surface area contributed by atoms with Crippen molar-refractivity contribution in [3.8, 4) is 11.8 Å². The highest BCUT2D eigenvalue weighted by molar-refractivity contribution is 5.85. The Labute approximate surface area is 89.1 Å². The standard InChI is InChI=1S/C8H13N3O2.ClH/c1-12-7-5-8(13-2)11-6(10-7)3-4-9;/h5H,3-4,9H2,1-2H3;1H. The molecule has 0 amide bonds. The summed E-state index contributed by atoms with van der Waals surface area (Å²) in [5, 5.41) is 0. The van der Waals surface area contributed by atoms with Crippen LogP contribution in [0.25, 0.3) is 0 Å². The average Bonchev–Trinajstić information content (AvgIpc) is 2.17. The van der Waals surface area contributed by atoms with Crippen LogP contribution in [0.3, 0.4) is 0 Å². The molecule has 1 heterocycles. The van der Waals surface area contributed by atoms with Crippen molar-refractivity contribution < 1.29 is 9.47 Å². The first kappa shape index (κ1) is 12.9. The Bertz CT molecular complexity index is 261. The highest BCUT2D eigenvalue weighted by Gasteiger charge is 2.03. The summed E-state index contributed by atoms with van der Waals surface area (Å²) in [6, 6.07) is 1.63. The smallest absolute Gasteiger partial charge is 0.220 e. The number of aromatic nitrogens is 2. The van der Waals surface area contributed by atoms with Crippen LogP contribution in [-0.2, 0) is 6.42 Å². The van der Waals surface area contributed by atoms with Crippen molar-refractivity contribution in [3.05, 3.63) is 11.9 Å². The van der Waals surface area contributed by atoms with Gasteiger partial charge in [-0.1, -0.05) is 0 Å². The molecule has 0 unspecified atom stereocenters. The third kappa shape index (κ3) is 3.35. The van der Waals surface area contributed by atoms with Gasteiger partial charge in [0, 0.05) is 6.42 Å². The van der Waals surface area contributed by atoms with E-state index >= 15 is 0 Å². The van der Waals surface area contributed by atoms with E-state index in [0.29, 0.717) is 30.5 Å². The summed E-state index contributed by atoms with van der Waals surface area (Å²) in [5.74, 6) is 1.63. The first-order valence-electron chi connectivity index (χ1n) is 3.96. The van der Waals surface area contributed by atoms with Crippen LogP contribution in [0.2, 0.25) is 0 Å². The van der Waals surface area contributed by atoms with E-state index < -0.39 is 0 Å². The maximum absolute atomic E-state index is 5.38. The van der Waals surface area contributed by atoms with E-state index in [2.05, 4.69) is 9.97 Å². The molecule has 5 nitrogen and oxygen atoms in total. The van der Waals surface area contributed by atoms with Gasteiger partial charge >= 0.3 is 0 Å². The SMILES string of the molecule is COc1cc(OC)nc(CCN)n1.Cl. The zero-order valence-corrected chi connectivity index (χ0v) is 9.00. The Morgan fingerprint density at radius 2 is 1.71 bits per heavy atom. The topological polar surface area (TPSA) is 70.3 Å². The average molecular weight is 220 g/mol. The molecule has 0 aliphatic carbocycles. The van der Waals surface area contributed by atoms with Crippen LogP contribution < -0.4 is 15.2 Å². The third-order valence-electron chi connectivity index (χ3n) is 1.51. The summed E-state index contributed by atoms with van der Waals surface area (Å²) in [4.78, 5) is 8.19. The van der Waals surface area contributed by atoms with E-state index in [1.54, 1.807) is 20.3 Å². The molecule has 0 fully saturated rings. The molecule has 0 bridgehead atoms. The number of rotatable bonds is 4. The van der Waals surface area contributed by atoms with E-state index in [0.717, 1.165) is 0 Å². The molecule has 2 N–H and O–H groups in total. The molecular formula is C8H14ClN3O2. The van der Waals surface area contributed by atoms with E-state index in [-0.39, 0.29) is 12.4 Å². The van der Waals surface area contributed by atoms with Gasteiger partial charge in [-0.15, -0.1) is 12.4 Å². The lowest BCUT2D eigenvalue weighted by Gasteiger charge is -2.04. The summed E-state index contributed by atoms with van der Waals surface area (Å²) in [6.07, 6.45) is 0.619. The van der Waals surface area contributed by atoms with Crippen molar-refractivity contribution >= 4 is 12.4 Å². The molecule has 0 aliphatic rings. The van der Waals surface area contributed by atoms with Crippen molar-refractivity contribution in [2.45, 2.75) is 6.42 Å². The normalized spacial score (nSPS) is 9.07. The lowest BCUT2D eigenvalue weighted by Crippen LogP contribution is -2.07. The predicted octanol–water partition coefficient (Wildman–Crippen LogP) is 0.417. The quantitative estimate of drug-likeness (QED) is 0.795. The van der Waals surface area contributed by atoms with Gasteiger partial charge in [0.25, 0.3) is 0 Å². The summed E-state index contributed by atoms with van der Waals surface area (Å²) in [7, 11) is 3.10. The Hall–Kier alpha value is -1.07. The van der Waals surface area contributed by atoms with Crippen molar-refractivity contribution in [1.82, 2.24) is 9.97 Å². The minimum absolute atomic E-state index is 0. The minimum atomic E-state index is 0. The van der Waals surface area contributed by atoms with Crippen LogP contribution >= 0.6 is 12.4 Å². The minimum Gasteiger partial charge on any atom is -0.481 e. The number of hydrogen-bond donors (Lipinski definition) is 1. The van der Waals surface area contributed by atoms with Crippen LogP contribution in [0, 0.1) is 0 Å². The number of halogens is 1. The molecule has 0 aliphatic heterocycles. The molecule has 0 spiro atoms. The molecule has 1 aromatic heterocycles. The third-order valence-corrected chi connectivity index (χ3v) is 1.51. The number of methoxy groups -OCH3 is 2. The molecule has 0 atom stereocenters. The van der Waals surface area contributed by atoms with Crippen molar-refractivity contribution in [3.63, 3.8) is 0 Å². The van der Waals surface area contributed by atoms with Crippen LogP contribution in [-0.4, -0.2) is 30.7 Å². The highest BCUT2D eigenvalue weighted by atomic mass is 35.5. The van der Waals surface area contributed by atoms with Crippen LogP contribution in [0.5, 0.6) is 11.8 Å². The van der Waals surface area contributed by atoms with E-state index in [9.17, 15) is 0 Å². The van der Waals surface area contributed by atoms with Crippen LogP contribution in [0.4, 0.5) is 0 Å². The van der Waals surface area contributed by atoms with E-state index in [1.807, 2.05) is 0 Å². The number of ether oxygens (including phenoxy) is 2. The van der Waals surface area contributed by atoms with Gasteiger partial charge in [-0.2, -0.15) is 9.97 Å². The van der Waals surface area contributed by atoms with Gasteiger partial charge in [-0.3, -0.25) is 0 Å².